The van der Waals surface area contributed by atoms with Gasteiger partial charge in [0, 0.05) is 11.4 Å². The molecule has 1 aromatic heterocycles. The Kier molecular flexibility index (Phi) is 5.30. The number of carbonyl (C=O) groups is 1. The summed E-state index contributed by atoms with van der Waals surface area (Å²) in [4.78, 5) is 12.2. The fourth-order valence-corrected chi connectivity index (χ4v) is 3.06. The van der Waals surface area contributed by atoms with Gasteiger partial charge in [0.2, 0.25) is 11.9 Å². The highest BCUT2D eigenvalue weighted by atomic mass is 32.2. The summed E-state index contributed by atoms with van der Waals surface area (Å²) in [5.74, 6) is 0.212. The molecule has 1 amide bonds. The summed E-state index contributed by atoms with van der Waals surface area (Å²) in [5, 5.41) is 11.1. The van der Waals surface area contributed by atoms with E-state index in [2.05, 4.69) is 15.5 Å². The third kappa shape index (κ3) is 4.57. The summed E-state index contributed by atoms with van der Waals surface area (Å²) in [6.45, 7) is -0.0205. The van der Waals surface area contributed by atoms with Crippen LogP contribution in [-0.2, 0) is 17.1 Å². The van der Waals surface area contributed by atoms with Gasteiger partial charge in [-0.3, -0.25) is 9.36 Å². The number of nitrogens with two attached hydrogens (primary N) is 1. The molecule has 0 fully saturated rings. The molecule has 3 aromatic rings. The Balaban J connectivity index is 1.64. The van der Waals surface area contributed by atoms with Gasteiger partial charge in [0.05, 0.1) is 0 Å². The van der Waals surface area contributed by atoms with Crippen LogP contribution in [0, 0.1) is 5.82 Å². The standard InChI is InChI=1S/C17H16FN5OS/c18-13-6-8-14(9-7-13)20-15(24)10-23-16(19)21-22-17(23)25-11-12-4-2-1-3-5-12/h1-9H,10-11H2,(H2,19,21)(H,20,24). The first kappa shape index (κ1) is 17.0. The molecule has 0 saturated heterocycles. The molecule has 0 unspecified atom stereocenters. The molecule has 0 bridgehead atoms. The van der Waals surface area contributed by atoms with Crippen molar-refractivity contribution < 1.29 is 9.18 Å². The number of anilines is 2. The highest BCUT2D eigenvalue weighted by Crippen LogP contribution is 2.22. The number of benzene rings is 2. The Morgan fingerprint density at radius 1 is 1.12 bits per heavy atom. The lowest BCUT2D eigenvalue weighted by atomic mass is 10.2. The Morgan fingerprint density at radius 2 is 1.84 bits per heavy atom. The van der Waals surface area contributed by atoms with E-state index < -0.39 is 0 Å². The molecular formula is C17H16FN5OS. The van der Waals surface area contributed by atoms with Crippen LogP contribution in [0.1, 0.15) is 5.56 Å². The summed E-state index contributed by atoms with van der Waals surface area (Å²) in [6, 6.07) is 15.5. The van der Waals surface area contributed by atoms with Gasteiger partial charge >= 0.3 is 0 Å². The molecule has 128 valence electrons. The predicted molar refractivity (Wildman–Crippen MR) is 95.5 cm³/mol. The summed E-state index contributed by atoms with van der Waals surface area (Å²) < 4.78 is 14.5. The first-order valence-corrected chi connectivity index (χ1v) is 8.51. The van der Waals surface area contributed by atoms with Gasteiger partial charge in [0.15, 0.2) is 5.16 Å². The number of nitrogens with zero attached hydrogens (tertiary/aromatic N) is 3. The normalized spacial score (nSPS) is 10.6. The number of hydrogen-bond donors (Lipinski definition) is 2. The van der Waals surface area contributed by atoms with Crippen LogP contribution in [0.15, 0.2) is 59.8 Å². The van der Waals surface area contributed by atoms with Gasteiger partial charge < -0.3 is 11.1 Å². The van der Waals surface area contributed by atoms with E-state index in [4.69, 9.17) is 5.73 Å². The minimum atomic E-state index is -0.361. The fourth-order valence-electron chi connectivity index (χ4n) is 2.15. The molecule has 0 aliphatic rings. The summed E-state index contributed by atoms with van der Waals surface area (Å²) in [5.41, 5.74) is 7.46. The van der Waals surface area contributed by atoms with E-state index in [0.29, 0.717) is 16.6 Å². The number of carbonyl (C=O) groups excluding carboxylic acids is 1. The highest BCUT2D eigenvalue weighted by Gasteiger charge is 2.14. The lowest BCUT2D eigenvalue weighted by Gasteiger charge is -2.09. The van der Waals surface area contributed by atoms with Crippen LogP contribution in [-0.4, -0.2) is 20.7 Å². The average molecular weight is 357 g/mol. The van der Waals surface area contributed by atoms with E-state index in [1.54, 1.807) is 4.57 Å². The number of rotatable bonds is 6. The molecule has 0 spiro atoms. The van der Waals surface area contributed by atoms with Gasteiger partial charge in [-0.1, -0.05) is 42.1 Å². The van der Waals surface area contributed by atoms with E-state index in [1.165, 1.54) is 36.0 Å². The number of nitrogen functional groups attached to an aromatic ring is 1. The molecule has 8 heteroatoms. The van der Waals surface area contributed by atoms with Crippen molar-refractivity contribution in [2.75, 3.05) is 11.1 Å². The lowest BCUT2D eigenvalue weighted by Crippen LogP contribution is -2.20. The maximum absolute atomic E-state index is 12.9. The quantitative estimate of drug-likeness (QED) is 0.663. The summed E-state index contributed by atoms with van der Waals surface area (Å²) >= 11 is 1.45. The minimum absolute atomic E-state index is 0.0205. The van der Waals surface area contributed by atoms with Crippen molar-refractivity contribution in [1.82, 2.24) is 14.8 Å². The predicted octanol–water partition coefficient (Wildman–Crippen LogP) is 2.93. The zero-order chi connectivity index (χ0) is 17.6. The topological polar surface area (TPSA) is 85.8 Å². The van der Waals surface area contributed by atoms with Crippen molar-refractivity contribution in [3.05, 3.63) is 66.0 Å². The third-order valence-corrected chi connectivity index (χ3v) is 4.42. The number of halogens is 1. The fraction of sp³-hybridized carbons (Fsp3) is 0.118. The molecular weight excluding hydrogens is 341 g/mol. The number of thioether (sulfide) groups is 1. The Labute approximate surface area is 148 Å². The first-order valence-electron chi connectivity index (χ1n) is 7.52. The van der Waals surface area contributed by atoms with Gasteiger partial charge in [-0.25, -0.2) is 4.39 Å². The lowest BCUT2D eigenvalue weighted by molar-refractivity contribution is -0.116. The molecule has 0 aliphatic carbocycles. The van der Waals surface area contributed by atoms with Crippen molar-refractivity contribution in [1.29, 1.82) is 0 Å². The second-order valence-corrected chi connectivity index (χ2v) is 6.20. The van der Waals surface area contributed by atoms with Crippen LogP contribution >= 0.6 is 11.8 Å². The number of aromatic nitrogens is 3. The summed E-state index contributed by atoms with van der Waals surface area (Å²) in [6.07, 6.45) is 0. The Bertz CT molecular complexity index is 851. The number of amides is 1. The molecule has 1 heterocycles. The van der Waals surface area contributed by atoms with Crippen molar-refractivity contribution >= 4 is 29.3 Å². The molecule has 3 N–H and O–H groups in total. The van der Waals surface area contributed by atoms with Crippen molar-refractivity contribution in [2.24, 2.45) is 0 Å². The first-order chi connectivity index (χ1) is 12.1. The van der Waals surface area contributed by atoms with Crippen molar-refractivity contribution in [2.45, 2.75) is 17.5 Å². The molecule has 6 nitrogen and oxygen atoms in total. The van der Waals surface area contributed by atoms with Crippen LogP contribution in [0.4, 0.5) is 16.0 Å². The SMILES string of the molecule is Nc1nnc(SCc2ccccc2)n1CC(=O)Nc1ccc(F)cc1. The van der Waals surface area contributed by atoms with E-state index in [1.807, 2.05) is 30.3 Å². The van der Waals surface area contributed by atoms with Crippen LogP contribution in [0.3, 0.4) is 0 Å². The van der Waals surface area contributed by atoms with Gasteiger partial charge in [-0.05, 0) is 29.8 Å². The van der Waals surface area contributed by atoms with E-state index >= 15 is 0 Å². The molecule has 0 radical (unpaired) electrons. The second kappa shape index (κ2) is 7.80. The van der Waals surface area contributed by atoms with E-state index in [0.717, 1.165) is 5.56 Å². The molecule has 0 aliphatic heterocycles. The van der Waals surface area contributed by atoms with Gasteiger partial charge in [-0.2, -0.15) is 0 Å². The second-order valence-electron chi connectivity index (χ2n) is 5.26. The van der Waals surface area contributed by atoms with Gasteiger partial charge in [-0.15, -0.1) is 10.2 Å². The zero-order valence-electron chi connectivity index (χ0n) is 13.2. The monoisotopic (exact) mass is 357 g/mol. The average Bonchev–Trinajstić information content (AvgIpc) is 2.96. The van der Waals surface area contributed by atoms with E-state index in [9.17, 15) is 9.18 Å². The molecule has 3 rings (SSSR count). The van der Waals surface area contributed by atoms with E-state index in [-0.39, 0.29) is 24.2 Å². The maximum atomic E-state index is 12.9. The maximum Gasteiger partial charge on any atom is 0.244 e. The van der Waals surface area contributed by atoms with Crippen LogP contribution in [0.5, 0.6) is 0 Å². The molecule has 2 aromatic carbocycles. The van der Waals surface area contributed by atoms with Gasteiger partial charge in [0.25, 0.3) is 0 Å². The van der Waals surface area contributed by atoms with Crippen molar-refractivity contribution in [3.63, 3.8) is 0 Å². The number of hydrogen-bond acceptors (Lipinski definition) is 5. The summed E-state index contributed by atoms with van der Waals surface area (Å²) in [7, 11) is 0. The van der Waals surface area contributed by atoms with Crippen LogP contribution < -0.4 is 11.1 Å². The van der Waals surface area contributed by atoms with Gasteiger partial charge in [0.1, 0.15) is 12.4 Å². The Hall–Kier alpha value is -2.87. The molecule has 25 heavy (non-hydrogen) atoms. The largest absolute Gasteiger partial charge is 0.368 e. The molecule has 0 saturated carbocycles. The number of nitrogens with one attached hydrogen (secondary N) is 1. The van der Waals surface area contributed by atoms with Crippen molar-refractivity contribution in [3.8, 4) is 0 Å². The molecule has 0 atom stereocenters. The third-order valence-electron chi connectivity index (χ3n) is 3.39. The zero-order valence-corrected chi connectivity index (χ0v) is 14.0. The highest BCUT2D eigenvalue weighted by molar-refractivity contribution is 7.98. The van der Waals surface area contributed by atoms with Crippen LogP contribution in [0.2, 0.25) is 0 Å². The van der Waals surface area contributed by atoms with Crippen LogP contribution in [0.25, 0.3) is 0 Å². The minimum Gasteiger partial charge on any atom is -0.368 e. The Morgan fingerprint density at radius 3 is 2.56 bits per heavy atom. The smallest absolute Gasteiger partial charge is 0.244 e.